The molecule has 0 rings (SSSR count). The Kier molecular flexibility index (Phi) is 8.72. The highest BCUT2D eigenvalue weighted by Gasteiger charge is 2.16. The van der Waals surface area contributed by atoms with Crippen LogP contribution in [-0.2, 0) is 14.3 Å². The van der Waals surface area contributed by atoms with E-state index in [2.05, 4.69) is 10.1 Å². The van der Waals surface area contributed by atoms with Gasteiger partial charge in [0.1, 0.15) is 12.1 Å². The number of ether oxygens (including phenoxy) is 2. The van der Waals surface area contributed by atoms with E-state index in [-0.39, 0.29) is 6.54 Å². The zero-order valence-electron chi connectivity index (χ0n) is 10.3. The first kappa shape index (κ1) is 16.2. The predicted octanol–water partition coefficient (Wildman–Crippen LogP) is 1.71. The van der Waals surface area contributed by atoms with Crippen molar-refractivity contribution in [2.45, 2.75) is 40.2 Å². The van der Waals surface area contributed by atoms with Gasteiger partial charge in [0.2, 0.25) is 0 Å². The summed E-state index contributed by atoms with van der Waals surface area (Å²) in [6.45, 7) is 9.05. The number of amides is 1. The zero-order chi connectivity index (χ0) is 12.5. The van der Waals surface area contributed by atoms with Crippen molar-refractivity contribution in [1.29, 1.82) is 0 Å². The zero-order valence-corrected chi connectivity index (χ0v) is 10.3. The highest BCUT2D eigenvalue weighted by molar-refractivity contribution is 5.77. The maximum atomic E-state index is 10.9. The number of esters is 1. The Morgan fingerprint density at radius 2 is 1.67 bits per heavy atom. The standard InChI is InChI=1S/C8H15NO4.C2H6/c1-8(2,3)13-7(11)9-5-6(10)12-4;1-2/h5H2,1-4H3,(H,9,11);1-2H3. The molecule has 1 N–H and O–H groups in total. The van der Waals surface area contributed by atoms with Gasteiger partial charge in [-0.1, -0.05) is 13.8 Å². The molecule has 0 aromatic rings. The van der Waals surface area contributed by atoms with Crippen molar-refractivity contribution in [1.82, 2.24) is 5.32 Å². The average Bonchev–Trinajstić information content (AvgIpc) is 2.14. The van der Waals surface area contributed by atoms with Gasteiger partial charge in [-0.15, -0.1) is 0 Å². The second kappa shape index (κ2) is 8.08. The summed E-state index contributed by atoms with van der Waals surface area (Å²) in [5.74, 6) is -0.508. The van der Waals surface area contributed by atoms with Gasteiger partial charge < -0.3 is 14.8 Å². The first-order valence-corrected chi connectivity index (χ1v) is 4.89. The van der Waals surface area contributed by atoms with Crippen LogP contribution in [0.3, 0.4) is 0 Å². The fourth-order valence-electron chi connectivity index (χ4n) is 0.531. The molecule has 0 unspecified atom stereocenters. The molecule has 0 saturated heterocycles. The fraction of sp³-hybridized carbons (Fsp3) is 0.800. The molecule has 0 aromatic carbocycles. The number of methoxy groups -OCH3 is 1. The van der Waals surface area contributed by atoms with Crippen LogP contribution in [0.2, 0.25) is 0 Å². The van der Waals surface area contributed by atoms with E-state index in [1.54, 1.807) is 20.8 Å². The fourth-order valence-corrected chi connectivity index (χ4v) is 0.531. The van der Waals surface area contributed by atoms with Crippen LogP contribution in [0, 0.1) is 0 Å². The van der Waals surface area contributed by atoms with Crippen LogP contribution in [0.5, 0.6) is 0 Å². The van der Waals surface area contributed by atoms with Gasteiger partial charge in [0.15, 0.2) is 0 Å². The maximum Gasteiger partial charge on any atom is 0.408 e. The van der Waals surface area contributed by atoms with Crippen LogP contribution in [0.1, 0.15) is 34.6 Å². The number of carbonyl (C=O) groups excluding carboxylic acids is 2. The summed E-state index contributed by atoms with van der Waals surface area (Å²) in [6, 6.07) is 0. The number of rotatable bonds is 2. The van der Waals surface area contributed by atoms with E-state index in [1.165, 1.54) is 7.11 Å². The van der Waals surface area contributed by atoms with Crippen LogP contribution in [-0.4, -0.2) is 31.3 Å². The van der Waals surface area contributed by atoms with E-state index >= 15 is 0 Å². The lowest BCUT2D eigenvalue weighted by Gasteiger charge is -2.19. The van der Waals surface area contributed by atoms with Gasteiger partial charge >= 0.3 is 12.1 Å². The van der Waals surface area contributed by atoms with Crippen LogP contribution in [0.25, 0.3) is 0 Å². The van der Waals surface area contributed by atoms with Gasteiger partial charge in [0.25, 0.3) is 0 Å². The Bertz CT molecular complexity index is 196. The second-order valence-electron chi connectivity index (χ2n) is 3.43. The first-order valence-electron chi connectivity index (χ1n) is 4.89. The summed E-state index contributed by atoms with van der Waals surface area (Å²) in [5.41, 5.74) is -0.555. The molecule has 0 fully saturated rings. The van der Waals surface area contributed by atoms with Gasteiger partial charge in [-0.2, -0.15) is 0 Å². The number of hydrogen-bond acceptors (Lipinski definition) is 4. The van der Waals surface area contributed by atoms with Crippen molar-refractivity contribution >= 4 is 12.1 Å². The quantitative estimate of drug-likeness (QED) is 0.718. The third-order valence-corrected chi connectivity index (χ3v) is 1.00. The Morgan fingerprint density at radius 3 is 2.00 bits per heavy atom. The van der Waals surface area contributed by atoms with Crippen molar-refractivity contribution in [2.24, 2.45) is 0 Å². The lowest BCUT2D eigenvalue weighted by molar-refractivity contribution is -0.139. The molecule has 0 heterocycles. The van der Waals surface area contributed by atoms with Crippen LogP contribution < -0.4 is 5.32 Å². The molecule has 0 radical (unpaired) electrons. The Balaban J connectivity index is 0. The lowest BCUT2D eigenvalue weighted by Crippen LogP contribution is -2.35. The molecule has 5 nitrogen and oxygen atoms in total. The molecule has 0 spiro atoms. The van der Waals surface area contributed by atoms with Crippen LogP contribution in [0.4, 0.5) is 4.79 Å². The Hall–Kier alpha value is -1.26. The summed E-state index contributed by atoms with van der Waals surface area (Å²) in [5, 5.41) is 2.25. The second-order valence-corrected chi connectivity index (χ2v) is 3.43. The Labute approximate surface area is 91.1 Å². The Morgan fingerprint density at radius 1 is 1.20 bits per heavy atom. The smallest absolute Gasteiger partial charge is 0.408 e. The van der Waals surface area contributed by atoms with Gasteiger partial charge in [-0.25, -0.2) is 4.79 Å². The number of alkyl carbamates (subject to hydrolysis) is 1. The first-order chi connectivity index (χ1) is 6.85. The van der Waals surface area contributed by atoms with Gasteiger partial charge in [0, 0.05) is 0 Å². The molecule has 90 valence electrons. The van der Waals surface area contributed by atoms with E-state index in [4.69, 9.17) is 4.74 Å². The summed E-state index contributed by atoms with van der Waals surface area (Å²) >= 11 is 0. The van der Waals surface area contributed by atoms with Crippen molar-refractivity contribution < 1.29 is 19.1 Å². The molecule has 0 bridgehead atoms. The van der Waals surface area contributed by atoms with Gasteiger partial charge in [-0.3, -0.25) is 4.79 Å². The molecule has 0 aromatic heterocycles. The molecule has 1 amide bonds. The van der Waals surface area contributed by atoms with Gasteiger partial charge in [0.05, 0.1) is 7.11 Å². The number of carbonyl (C=O) groups is 2. The molecule has 0 aliphatic heterocycles. The molecular formula is C10H21NO4. The monoisotopic (exact) mass is 219 g/mol. The minimum Gasteiger partial charge on any atom is -0.468 e. The van der Waals surface area contributed by atoms with E-state index in [0.29, 0.717) is 0 Å². The number of hydrogen-bond donors (Lipinski definition) is 1. The van der Waals surface area contributed by atoms with Crippen LogP contribution >= 0.6 is 0 Å². The minimum absolute atomic E-state index is 0.175. The number of nitrogens with one attached hydrogen (secondary N) is 1. The van der Waals surface area contributed by atoms with E-state index in [9.17, 15) is 9.59 Å². The largest absolute Gasteiger partial charge is 0.468 e. The molecule has 0 aliphatic carbocycles. The predicted molar refractivity (Wildman–Crippen MR) is 57.6 cm³/mol. The van der Waals surface area contributed by atoms with E-state index in [1.807, 2.05) is 13.8 Å². The van der Waals surface area contributed by atoms with Crippen molar-refractivity contribution in [3.05, 3.63) is 0 Å². The lowest BCUT2D eigenvalue weighted by atomic mass is 10.2. The topological polar surface area (TPSA) is 64.6 Å². The van der Waals surface area contributed by atoms with Crippen molar-refractivity contribution in [3.8, 4) is 0 Å². The summed E-state index contributed by atoms with van der Waals surface area (Å²) in [4.78, 5) is 21.5. The summed E-state index contributed by atoms with van der Waals surface area (Å²) in [6.07, 6.45) is -0.627. The molecule has 0 saturated carbocycles. The normalized spacial score (nSPS) is 9.47. The highest BCUT2D eigenvalue weighted by Crippen LogP contribution is 2.05. The van der Waals surface area contributed by atoms with Crippen LogP contribution in [0.15, 0.2) is 0 Å². The molecule has 0 aliphatic rings. The SMILES string of the molecule is CC.COC(=O)CNC(=O)OC(C)(C)C. The average molecular weight is 219 g/mol. The summed E-state index contributed by atoms with van der Waals surface area (Å²) < 4.78 is 9.20. The molecule has 5 heteroatoms. The maximum absolute atomic E-state index is 10.9. The summed E-state index contributed by atoms with van der Waals surface area (Å²) in [7, 11) is 1.25. The van der Waals surface area contributed by atoms with E-state index < -0.39 is 17.7 Å². The minimum atomic E-state index is -0.627. The van der Waals surface area contributed by atoms with Crippen molar-refractivity contribution in [3.63, 3.8) is 0 Å². The third-order valence-electron chi connectivity index (χ3n) is 1.00. The van der Waals surface area contributed by atoms with Crippen molar-refractivity contribution in [2.75, 3.05) is 13.7 Å². The molecule has 15 heavy (non-hydrogen) atoms. The third kappa shape index (κ3) is 12.7. The molecular weight excluding hydrogens is 198 g/mol. The van der Waals surface area contributed by atoms with Gasteiger partial charge in [-0.05, 0) is 20.8 Å². The van der Waals surface area contributed by atoms with E-state index in [0.717, 1.165) is 0 Å². The molecule has 0 atom stereocenters. The highest BCUT2D eigenvalue weighted by atomic mass is 16.6.